The molecule has 0 fully saturated rings. The molecule has 0 aliphatic rings. The SMILES string of the molecule is Cc1ncsc1C(O)Cc1cccnc1. The first-order chi connectivity index (χ1) is 7.27. The molecule has 0 aliphatic carbocycles. The molecular weight excluding hydrogens is 208 g/mol. The molecule has 0 aromatic carbocycles. The summed E-state index contributed by atoms with van der Waals surface area (Å²) in [6.45, 7) is 1.91. The van der Waals surface area contributed by atoms with Crippen molar-refractivity contribution in [3.8, 4) is 0 Å². The Bertz CT molecular complexity index is 427. The van der Waals surface area contributed by atoms with Crippen LogP contribution in [0.1, 0.15) is 22.2 Å². The molecule has 0 saturated heterocycles. The zero-order valence-corrected chi connectivity index (χ0v) is 9.24. The molecule has 4 heteroatoms. The van der Waals surface area contributed by atoms with Gasteiger partial charge in [-0.1, -0.05) is 6.07 Å². The normalized spacial score (nSPS) is 12.7. The van der Waals surface area contributed by atoms with Gasteiger partial charge in [0.1, 0.15) is 0 Å². The van der Waals surface area contributed by atoms with Crippen molar-refractivity contribution < 1.29 is 5.11 Å². The van der Waals surface area contributed by atoms with E-state index < -0.39 is 6.10 Å². The van der Waals surface area contributed by atoms with E-state index in [9.17, 15) is 5.11 Å². The minimum atomic E-state index is -0.471. The third kappa shape index (κ3) is 2.40. The molecule has 2 aromatic heterocycles. The Morgan fingerprint density at radius 2 is 2.40 bits per heavy atom. The Morgan fingerprint density at radius 3 is 3.00 bits per heavy atom. The number of aromatic nitrogens is 2. The van der Waals surface area contributed by atoms with E-state index in [4.69, 9.17) is 0 Å². The van der Waals surface area contributed by atoms with Crippen LogP contribution in [-0.2, 0) is 6.42 Å². The molecule has 15 heavy (non-hydrogen) atoms. The smallest absolute Gasteiger partial charge is 0.0941 e. The van der Waals surface area contributed by atoms with Gasteiger partial charge < -0.3 is 5.11 Å². The monoisotopic (exact) mass is 220 g/mol. The second-order valence-electron chi connectivity index (χ2n) is 3.38. The zero-order valence-electron chi connectivity index (χ0n) is 8.42. The van der Waals surface area contributed by atoms with E-state index in [2.05, 4.69) is 9.97 Å². The first-order valence-corrected chi connectivity index (χ1v) is 5.62. The first-order valence-electron chi connectivity index (χ1n) is 4.74. The van der Waals surface area contributed by atoms with Crippen molar-refractivity contribution in [1.82, 2.24) is 9.97 Å². The van der Waals surface area contributed by atoms with Crippen molar-refractivity contribution in [3.63, 3.8) is 0 Å². The number of rotatable bonds is 3. The van der Waals surface area contributed by atoms with Crippen molar-refractivity contribution in [2.24, 2.45) is 0 Å². The Balaban J connectivity index is 2.11. The lowest BCUT2D eigenvalue weighted by Crippen LogP contribution is -2.01. The van der Waals surface area contributed by atoms with Crippen LogP contribution in [0.4, 0.5) is 0 Å². The standard InChI is InChI=1S/C11H12N2OS/c1-8-11(15-7-13-8)10(14)5-9-3-2-4-12-6-9/h2-4,6-7,10,14H,5H2,1H3. The van der Waals surface area contributed by atoms with Crippen LogP contribution in [0.2, 0.25) is 0 Å². The third-order valence-corrected chi connectivity index (χ3v) is 3.27. The molecular formula is C11H12N2OS. The predicted molar refractivity (Wildman–Crippen MR) is 59.8 cm³/mol. The van der Waals surface area contributed by atoms with E-state index in [1.165, 1.54) is 11.3 Å². The highest BCUT2D eigenvalue weighted by Crippen LogP contribution is 2.24. The molecule has 0 spiro atoms. The molecule has 1 atom stereocenters. The van der Waals surface area contributed by atoms with Gasteiger partial charge in [0.2, 0.25) is 0 Å². The third-order valence-electron chi connectivity index (χ3n) is 2.24. The van der Waals surface area contributed by atoms with Crippen LogP contribution in [0.15, 0.2) is 30.0 Å². The lowest BCUT2D eigenvalue weighted by atomic mass is 10.1. The summed E-state index contributed by atoms with van der Waals surface area (Å²) in [5.41, 5.74) is 3.71. The minimum absolute atomic E-state index is 0.471. The number of hydrogen-bond donors (Lipinski definition) is 1. The average molecular weight is 220 g/mol. The molecule has 78 valence electrons. The number of thiazole rings is 1. The summed E-state index contributed by atoms with van der Waals surface area (Å²) in [5, 5.41) is 9.99. The Hall–Kier alpha value is -1.26. The fourth-order valence-corrected chi connectivity index (χ4v) is 2.25. The van der Waals surface area contributed by atoms with E-state index >= 15 is 0 Å². The topological polar surface area (TPSA) is 46.0 Å². The molecule has 2 rings (SSSR count). The molecule has 1 N–H and O–H groups in total. The molecule has 2 heterocycles. The van der Waals surface area contributed by atoms with Crippen molar-refractivity contribution in [1.29, 1.82) is 0 Å². The van der Waals surface area contributed by atoms with Gasteiger partial charge in [-0.15, -0.1) is 11.3 Å². The fourth-order valence-electron chi connectivity index (χ4n) is 1.47. The van der Waals surface area contributed by atoms with Crippen LogP contribution < -0.4 is 0 Å². The van der Waals surface area contributed by atoms with E-state index in [0.29, 0.717) is 6.42 Å². The molecule has 0 saturated carbocycles. The average Bonchev–Trinajstić information content (AvgIpc) is 2.66. The van der Waals surface area contributed by atoms with Crippen molar-refractivity contribution in [3.05, 3.63) is 46.2 Å². The highest BCUT2D eigenvalue weighted by molar-refractivity contribution is 7.09. The summed E-state index contributed by atoms with van der Waals surface area (Å²) in [6, 6.07) is 3.84. The highest BCUT2D eigenvalue weighted by Gasteiger charge is 2.13. The lowest BCUT2D eigenvalue weighted by molar-refractivity contribution is 0.181. The summed E-state index contributed by atoms with van der Waals surface area (Å²) >= 11 is 1.50. The molecule has 2 aromatic rings. The van der Waals surface area contributed by atoms with Crippen LogP contribution >= 0.6 is 11.3 Å². The van der Waals surface area contributed by atoms with Crippen LogP contribution in [0, 0.1) is 6.92 Å². The predicted octanol–water partition coefficient (Wildman–Crippen LogP) is 2.12. The Labute approximate surface area is 92.5 Å². The number of aryl methyl sites for hydroxylation is 1. The Morgan fingerprint density at radius 1 is 1.53 bits per heavy atom. The van der Waals surface area contributed by atoms with Crippen molar-refractivity contribution in [2.45, 2.75) is 19.4 Å². The second-order valence-corrected chi connectivity index (χ2v) is 4.27. The number of aliphatic hydroxyl groups excluding tert-OH is 1. The maximum absolute atomic E-state index is 9.99. The number of hydrogen-bond acceptors (Lipinski definition) is 4. The van der Waals surface area contributed by atoms with Gasteiger partial charge in [-0.05, 0) is 18.6 Å². The van der Waals surface area contributed by atoms with Gasteiger partial charge in [-0.2, -0.15) is 0 Å². The van der Waals surface area contributed by atoms with Gasteiger partial charge in [-0.25, -0.2) is 4.98 Å². The maximum Gasteiger partial charge on any atom is 0.0941 e. The molecule has 0 radical (unpaired) electrons. The van der Waals surface area contributed by atoms with Gasteiger partial charge in [0, 0.05) is 18.8 Å². The number of pyridine rings is 1. The number of nitrogens with zero attached hydrogens (tertiary/aromatic N) is 2. The summed E-state index contributed by atoms with van der Waals surface area (Å²) in [7, 11) is 0. The van der Waals surface area contributed by atoms with E-state index in [0.717, 1.165) is 16.1 Å². The van der Waals surface area contributed by atoms with E-state index in [-0.39, 0.29) is 0 Å². The first kappa shape index (κ1) is 10.3. The number of aliphatic hydroxyl groups is 1. The van der Waals surface area contributed by atoms with Crippen LogP contribution in [0.5, 0.6) is 0 Å². The second kappa shape index (κ2) is 4.51. The van der Waals surface area contributed by atoms with Gasteiger partial charge in [0.25, 0.3) is 0 Å². The summed E-state index contributed by atoms with van der Waals surface area (Å²) in [5.74, 6) is 0. The molecule has 0 amide bonds. The van der Waals surface area contributed by atoms with Crippen molar-refractivity contribution >= 4 is 11.3 Å². The fraction of sp³-hybridized carbons (Fsp3) is 0.273. The molecule has 1 unspecified atom stereocenters. The largest absolute Gasteiger partial charge is 0.387 e. The zero-order chi connectivity index (χ0) is 10.7. The summed E-state index contributed by atoms with van der Waals surface area (Å²) < 4.78 is 0. The minimum Gasteiger partial charge on any atom is -0.387 e. The molecule has 3 nitrogen and oxygen atoms in total. The van der Waals surface area contributed by atoms with Crippen LogP contribution in [-0.4, -0.2) is 15.1 Å². The van der Waals surface area contributed by atoms with Gasteiger partial charge in [0.05, 0.1) is 22.2 Å². The quantitative estimate of drug-likeness (QED) is 0.861. The summed E-state index contributed by atoms with van der Waals surface area (Å²) in [4.78, 5) is 9.08. The molecule has 0 aliphatic heterocycles. The lowest BCUT2D eigenvalue weighted by Gasteiger charge is -2.08. The van der Waals surface area contributed by atoms with Crippen LogP contribution in [0.25, 0.3) is 0 Å². The van der Waals surface area contributed by atoms with Gasteiger partial charge in [0.15, 0.2) is 0 Å². The Kier molecular flexibility index (Phi) is 3.08. The van der Waals surface area contributed by atoms with E-state index in [1.54, 1.807) is 17.9 Å². The van der Waals surface area contributed by atoms with E-state index in [1.807, 2.05) is 19.1 Å². The van der Waals surface area contributed by atoms with Gasteiger partial charge >= 0.3 is 0 Å². The van der Waals surface area contributed by atoms with Crippen molar-refractivity contribution in [2.75, 3.05) is 0 Å². The van der Waals surface area contributed by atoms with Crippen LogP contribution in [0.3, 0.4) is 0 Å². The maximum atomic E-state index is 9.99. The molecule has 0 bridgehead atoms. The highest BCUT2D eigenvalue weighted by atomic mass is 32.1. The van der Waals surface area contributed by atoms with Gasteiger partial charge in [-0.3, -0.25) is 4.98 Å². The summed E-state index contributed by atoms with van der Waals surface area (Å²) in [6.07, 6.45) is 3.63.